The molecule has 0 aromatic heterocycles. The van der Waals surface area contributed by atoms with Gasteiger partial charge in [0.05, 0.1) is 0 Å². The molecule has 0 saturated heterocycles. The lowest BCUT2D eigenvalue weighted by Crippen LogP contribution is -2.22. The Labute approximate surface area is 124 Å². The predicted octanol–water partition coefficient (Wildman–Crippen LogP) is 5.43. The van der Waals surface area contributed by atoms with Crippen LogP contribution in [-0.2, 0) is 11.2 Å². The summed E-state index contributed by atoms with van der Waals surface area (Å²) in [7, 11) is 0. The highest BCUT2D eigenvalue weighted by atomic mass is 16.1. The van der Waals surface area contributed by atoms with Gasteiger partial charge in [-0.1, -0.05) is 64.4 Å². The molecule has 112 valence electrons. The molecule has 0 aliphatic carbocycles. The Morgan fingerprint density at radius 2 is 1.80 bits per heavy atom. The molecular formula is C19H30O. The standard InChI is InChI=1S/C19H30O/c1-5-18(20)15-19(4,13-11-16(2)3)14-12-17-9-7-6-8-10-17/h6-10,16H,5,11-15H2,1-4H3/t19-/m1/s1. The second-order valence-corrected chi connectivity index (χ2v) is 6.80. The van der Waals surface area contributed by atoms with Gasteiger partial charge in [-0.15, -0.1) is 0 Å². The van der Waals surface area contributed by atoms with Crippen LogP contribution in [0.1, 0.15) is 65.4 Å². The molecule has 0 fully saturated rings. The minimum atomic E-state index is 0.160. The zero-order valence-electron chi connectivity index (χ0n) is 13.6. The van der Waals surface area contributed by atoms with E-state index in [1.165, 1.54) is 12.0 Å². The number of rotatable bonds is 9. The third-order valence-corrected chi connectivity index (χ3v) is 4.20. The van der Waals surface area contributed by atoms with Gasteiger partial charge in [0.2, 0.25) is 0 Å². The monoisotopic (exact) mass is 274 g/mol. The minimum absolute atomic E-state index is 0.160. The van der Waals surface area contributed by atoms with Crippen molar-refractivity contribution in [3.05, 3.63) is 35.9 Å². The van der Waals surface area contributed by atoms with Gasteiger partial charge in [-0.2, -0.15) is 0 Å². The number of aryl methyl sites for hydroxylation is 1. The van der Waals surface area contributed by atoms with Gasteiger partial charge in [-0.3, -0.25) is 4.79 Å². The molecule has 20 heavy (non-hydrogen) atoms. The van der Waals surface area contributed by atoms with E-state index in [9.17, 15) is 4.79 Å². The average Bonchev–Trinajstić information content (AvgIpc) is 2.44. The van der Waals surface area contributed by atoms with Gasteiger partial charge in [0, 0.05) is 12.8 Å². The van der Waals surface area contributed by atoms with Gasteiger partial charge in [0.25, 0.3) is 0 Å². The third-order valence-electron chi connectivity index (χ3n) is 4.20. The molecule has 0 aliphatic rings. The normalized spacial score (nSPS) is 14.2. The second kappa shape index (κ2) is 8.24. The summed E-state index contributed by atoms with van der Waals surface area (Å²) in [6.07, 6.45) is 5.96. The summed E-state index contributed by atoms with van der Waals surface area (Å²) in [5.74, 6) is 1.12. The second-order valence-electron chi connectivity index (χ2n) is 6.80. The van der Waals surface area contributed by atoms with Crippen LogP contribution in [0.2, 0.25) is 0 Å². The topological polar surface area (TPSA) is 17.1 Å². The largest absolute Gasteiger partial charge is 0.300 e. The first-order valence-corrected chi connectivity index (χ1v) is 8.01. The molecule has 1 heteroatoms. The van der Waals surface area contributed by atoms with E-state index in [1.807, 2.05) is 6.92 Å². The van der Waals surface area contributed by atoms with Crippen molar-refractivity contribution in [3.8, 4) is 0 Å². The average molecular weight is 274 g/mol. The van der Waals surface area contributed by atoms with Crippen molar-refractivity contribution >= 4 is 5.78 Å². The van der Waals surface area contributed by atoms with E-state index >= 15 is 0 Å². The van der Waals surface area contributed by atoms with Crippen LogP contribution in [0.25, 0.3) is 0 Å². The number of hydrogen-bond donors (Lipinski definition) is 0. The van der Waals surface area contributed by atoms with Crippen molar-refractivity contribution in [1.29, 1.82) is 0 Å². The molecule has 1 nitrogen and oxygen atoms in total. The summed E-state index contributed by atoms with van der Waals surface area (Å²) in [5.41, 5.74) is 1.54. The maximum Gasteiger partial charge on any atom is 0.133 e. The molecule has 1 aromatic rings. The van der Waals surface area contributed by atoms with E-state index in [0.29, 0.717) is 18.1 Å². The molecule has 1 rings (SSSR count). The fourth-order valence-corrected chi connectivity index (χ4v) is 2.63. The zero-order chi connectivity index (χ0) is 15.0. The van der Waals surface area contributed by atoms with E-state index in [2.05, 4.69) is 51.1 Å². The van der Waals surface area contributed by atoms with Crippen LogP contribution in [0.4, 0.5) is 0 Å². The lowest BCUT2D eigenvalue weighted by molar-refractivity contribution is -0.121. The number of ketones is 1. The smallest absolute Gasteiger partial charge is 0.133 e. The predicted molar refractivity (Wildman–Crippen MR) is 86.9 cm³/mol. The summed E-state index contributed by atoms with van der Waals surface area (Å²) in [6, 6.07) is 10.6. The molecule has 1 atom stereocenters. The number of hydrogen-bond acceptors (Lipinski definition) is 1. The van der Waals surface area contributed by atoms with Crippen LogP contribution >= 0.6 is 0 Å². The molecule has 0 bridgehead atoms. The van der Waals surface area contributed by atoms with E-state index in [0.717, 1.165) is 25.7 Å². The zero-order valence-corrected chi connectivity index (χ0v) is 13.6. The van der Waals surface area contributed by atoms with Crippen LogP contribution in [0, 0.1) is 11.3 Å². The Balaban J connectivity index is 2.63. The van der Waals surface area contributed by atoms with Crippen molar-refractivity contribution in [1.82, 2.24) is 0 Å². The maximum absolute atomic E-state index is 11.9. The van der Waals surface area contributed by atoms with Crippen molar-refractivity contribution in [2.45, 2.75) is 66.2 Å². The summed E-state index contributed by atoms with van der Waals surface area (Å²) >= 11 is 0. The van der Waals surface area contributed by atoms with Crippen LogP contribution in [-0.4, -0.2) is 5.78 Å². The highest BCUT2D eigenvalue weighted by Gasteiger charge is 2.26. The van der Waals surface area contributed by atoms with E-state index in [1.54, 1.807) is 0 Å². The van der Waals surface area contributed by atoms with Crippen molar-refractivity contribution in [2.24, 2.45) is 11.3 Å². The highest BCUT2D eigenvalue weighted by molar-refractivity contribution is 5.78. The van der Waals surface area contributed by atoms with Gasteiger partial charge >= 0.3 is 0 Å². The molecule has 0 radical (unpaired) electrons. The van der Waals surface area contributed by atoms with Crippen LogP contribution < -0.4 is 0 Å². The van der Waals surface area contributed by atoms with Crippen LogP contribution in [0.3, 0.4) is 0 Å². The van der Waals surface area contributed by atoms with Crippen LogP contribution in [0.5, 0.6) is 0 Å². The number of carbonyl (C=O) groups is 1. The third kappa shape index (κ3) is 6.36. The molecule has 0 N–H and O–H groups in total. The quantitative estimate of drug-likeness (QED) is 0.586. The first-order valence-electron chi connectivity index (χ1n) is 8.01. The number of Topliss-reactive ketones (excluding diaryl/α,β-unsaturated/α-hetero) is 1. The van der Waals surface area contributed by atoms with Gasteiger partial charge in [0.15, 0.2) is 0 Å². The van der Waals surface area contributed by atoms with E-state index < -0.39 is 0 Å². The molecular weight excluding hydrogens is 244 g/mol. The Morgan fingerprint density at radius 1 is 1.15 bits per heavy atom. The molecule has 0 spiro atoms. The molecule has 0 amide bonds. The molecule has 0 unspecified atom stereocenters. The van der Waals surface area contributed by atoms with Gasteiger partial charge in [0.1, 0.15) is 5.78 Å². The van der Waals surface area contributed by atoms with Gasteiger partial charge in [-0.25, -0.2) is 0 Å². The fraction of sp³-hybridized carbons (Fsp3) is 0.632. The minimum Gasteiger partial charge on any atom is -0.300 e. The summed E-state index contributed by atoms with van der Waals surface area (Å²) in [6.45, 7) is 8.80. The van der Waals surface area contributed by atoms with Crippen molar-refractivity contribution in [3.63, 3.8) is 0 Å². The molecule has 0 saturated carbocycles. The Hall–Kier alpha value is -1.11. The maximum atomic E-state index is 11.9. The van der Waals surface area contributed by atoms with Crippen molar-refractivity contribution < 1.29 is 4.79 Å². The first-order chi connectivity index (χ1) is 9.45. The summed E-state index contributed by atoms with van der Waals surface area (Å²) in [4.78, 5) is 11.9. The molecule has 1 aromatic carbocycles. The SMILES string of the molecule is CCC(=O)C[C@@](C)(CCc1ccccc1)CCC(C)C. The summed E-state index contributed by atoms with van der Waals surface area (Å²) < 4.78 is 0. The highest BCUT2D eigenvalue weighted by Crippen LogP contribution is 2.35. The van der Waals surface area contributed by atoms with Gasteiger partial charge in [-0.05, 0) is 36.2 Å². The Kier molecular flexibility index (Phi) is 6.98. The fourth-order valence-electron chi connectivity index (χ4n) is 2.63. The number of carbonyl (C=O) groups excluding carboxylic acids is 1. The number of benzene rings is 1. The van der Waals surface area contributed by atoms with Crippen LogP contribution in [0.15, 0.2) is 30.3 Å². The van der Waals surface area contributed by atoms with E-state index in [4.69, 9.17) is 0 Å². The van der Waals surface area contributed by atoms with E-state index in [-0.39, 0.29) is 5.41 Å². The molecule has 0 heterocycles. The van der Waals surface area contributed by atoms with Crippen molar-refractivity contribution in [2.75, 3.05) is 0 Å². The van der Waals surface area contributed by atoms with Gasteiger partial charge < -0.3 is 0 Å². The molecule has 0 aliphatic heterocycles. The Bertz CT molecular complexity index is 393. The lowest BCUT2D eigenvalue weighted by atomic mass is 9.75. The summed E-state index contributed by atoms with van der Waals surface area (Å²) in [5, 5.41) is 0. The lowest BCUT2D eigenvalue weighted by Gasteiger charge is -2.30. The first kappa shape index (κ1) is 16.9. The Morgan fingerprint density at radius 3 is 2.35 bits per heavy atom.